The normalized spacial score (nSPS) is 11.0. The molecule has 0 aliphatic carbocycles. The molecule has 1 aromatic heterocycles. The number of allylic oxidation sites excluding steroid dienone is 1. The Balaban J connectivity index is 1.76. The maximum atomic E-state index is 12.1. The van der Waals surface area contributed by atoms with E-state index in [1.165, 1.54) is 6.08 Å². The molecule has 0 unspecified atom stereocenters. The monoisotopic (exact) mass is 322 g/mol. The molecule has 23 heavy (non-hydrogen) atoms. The molecule has 0 saturated heterocycles. The molecule has 0 amide bonds. The number of aryl methyl sites for hydroxylation is 1. The number of halogens is 1. The molecule has 0 N–H and O–H groups in total. The summed E-state index contributed by atoms with van der Waals surface area (Å²) in [5.41, 5.74) is 2.69. The van der Waals surface area contributed by atoms with E-state index in [1.807, 2.05) is 67.6 Å². The zero-order chi connectivity index (χ0) is 16.2. The van der Waals surface area contributed by atoms with Gasteiger partial charge >= 0.3 is 0 Å². The molecule has 0 aliphatic rings. The molecule has 3 aromatic rings. The van der Waals surface area contributed by atoms with Gasteiger partial charge in [0.1, 0.15) is 11.5 Å². The van der Waals surface area contributed by atoms with Crippen LogP contribution in [0.5, 0.6) is 0 Å². The maximum Gasteiger partial charge on any atom is 0.185 e. The predicted octanol–water partition coefficient (Wildman–Crippen LogP) is 5.80. The largest absolute Gasteiger partial charge is 0.457 e. The van der Waals surface area contributed by atoms with E-state index in [-0.39, 0.29) is 5.78 Å². The summed E-state index contributed by atoms with van der Waals surface area (Å²) in [6.07, 6.45) is 3.20. The van der Waals surface area contributed by atoms with Crippen molar-refractivity contribution in [1.29, 1.82) is 0 Å². The third-order valence-electron chi connectivity index (χ3n) is 3.47. The number of ketones is 1. The molecule has 0 atom stereocenters. The Kier molecular flexibility index (Phi) is 4.45. The Bertz CT molecular complexity index is 857. The molecule has 114 valence electrons. The Morgan fingerprint density at radius 1 is 1.04 bits per heavy atom. The molecule has 3 rings (SSSR count). The van der Waals surface area contributed by atoms with Crippen molar-refractivity contribution >= 4 is 23.5 Å². The predicted molar refractivity (Wildman–Crippen MR) is 93.7 cm³/mol. The van der Waals surface area contributed by atoms with Crippen molar-refractivity contribution in [3.05, 3.63) is 88.6 Å². The Morgan fingerprint density at radius 3 is 2.57 bits per heavy atom. The second-order valence-electron chi connectivity index (χ2n) is 5.28. The summed E-state index contributed by atoms with van der Waals surface area (Å²) < 4.78 is 5.73. The van der Waals surface area contributed by atoms with Crippen LogP contribution in [-0.2, 0) is 0 Å². The topological polar surface area (TPSA) is 30.2 Å². The van der Waals surface area contributed by atoms with Crippen LogP contribution in [-0.4, -0.2) is 5.78 Å². The summed E-state index contributed by atoms with van der Waals surface area (Å²) in [6.45, 7) is 1.99. The van der Waals surface area contributed by atoms with Gasteiger partial charge in [0.05, 0.1) is 0 Å². The molecule has 1 heterocycles. The smallest absolute Gasteiger partial charge is 0.185 e. The minimum atomic E-state index is -0.0503. The number of benzene rings is 2. The summed E-state index contributed by atoms with van der Waals surface area (Å²) in [4.78, 5) is 12.1. The molecular weight excluding hydrogens is 308 g/mol. The number of hydrogen-bond acceptors (Lipinski definition) is 2. The van der Waals surface area contributed by atoms with Crippen LogP contribution in [0.15, 0.2) is 71.2 Å². The van der Waals surface area contributed by atoms with Crippen LogP contribution >= 0.6 is 11.6 Å². The molecule has 3 heteroatoms. The van der Waals surface area contributed by atoms with Gasteiger partial charge in [0, 0.05) is 16.1 Å². The van der Waals surface area contributed by atoms with Gasteiger partial charge in [0.2, 0.25) is 0 Å². The lowest BCUT2D eigenvalue weighted by Gasteiger charge is -1.97. The van der Waals surface area contributed by atoms with E-state index in [2.05, 4.69) is 0 Å². The highest BCUT2D eigenvalue weighted by atomic mass is 35.5. The summed E-state index contributed by atoms with van der Waals surface area (Å²) in [6, 6.07) is 18.6. The van der Waals surface area contributed by atoms with E-state index in [9.17, 15) is 4.79 Å². The molecule has 0 saturated carbocycles. The van der Waals surface area contributed by atoms with Crippen molar-refractivity contribution in [2.24, 2.45) is 0 Å². The number of carbonyl (C=O) groups excluding carboxylic acids is 1. The number of carbonyl (C=O) groups is 1. The second-order valence-corrected chi connectivity index (χ2v) is 5.71. The minimum Gasteiger partial charge on any atom is -0.457 e. The Hall–Kier alpha value is -2.58. The molecule has 0 radical (unpaired) electrons. The van der Waals surface area contributed by atoms with Crippen molar-refractivity contribution in [1.82, 2.24) is 0 Å². The second kappa shape index (κ2) is 6.67. The van der Waals surface area contributed by atoms with Gasteiger partial charge in [0.15, 0.2) is 5.78 Å². The minimum absolute atomic E-state index is 0.0503. The molecule has 0 fully saturated rings. The van der Waals surface area contributed by atoms with Crippen molar-refractivity contribution < 1.29 is 9.21 Å². The zero-order valence-electron chi connectivity index (χ0n) is 12.6. The van der Waals surface area contributed by atoms with Crippen molar-refractivity contribution in [2.75, 3.05) is 0 Å². The van der Waals surface area contributed by atoms with E-state index < -0.39 is 0 Å². The van der Waals surface area contributed by atoms with Crippen molar-refractivity contribution in [3.8, 4) is 11.3 Å². The van der Waals surface area contributed by atoms with E-state index in [1.54, 1.807) is 6.08 Å². The third-order valence-corrected chi connectivity index (χ3v) is 3.71. The fourth-order valence-electron chi connectivity index (χ4n) is 2.21. The molecular formula is C20H15ClO2. The average molecular weight is 323 g/mol. The number of rotatable bonds is 4. The van der Waals surface area contributed by atoms with Gasteiger partial charge < -0.3 is 4.42 Å². The van der Waals surface area contributed by atoms with Gasteiger partial charge in [-0.1, -0.05) is 53.6 Å². The SMILES string of the molecule is Cc1ccc(C(=O)/C=C/c2ccc(-c3cccc(Cl)c3)o2)cc1. The highest BCUT2D eigenvalue weighted by molar-refractivity contribution is 6.30. The van der Waals surface area contributed by atoms with Crippen LogP contribution in [0.2, 0.25) is 5.02 Å². The van der Waals surface area contributed by atoms with Gasteiger partial charge in [-0.3, -0.25) is 4.79 Å². The Labute approximate surface area is 140 Å². The van der Waals surface area contributed by atoms with E-state index in [0.29, 0.717) is 16.3 Å². The van der Waals surface area contributed by atoms with Crippen LogP contribution in [0.25, 0.3) is 17.4 Å². The van der Waals surface area contributed by atoms with Crippen LogP contribution in [0.3, 0.4) is 0 Å². The molecule has 0 bridgehead atoms. The van der Waals surface area contributed by atoms with E-state index in [0.717, 1.165) is 16.9 Å². The molecule has 0 spiro atoms. The third kappa shape index (κ3) is 3.79. The highest BCUT2D eigenvalue weighted by Crippen LogP contribution is 2.25. The quantitative estimate of drug-likeness (QED) is 0.448. The Morgan fingerprint density at radius 2 is 1.83 bits per heavy atom. The van der Waals surface area contributed by atoms with Crippen LogP contribution in [0.4, 0.5) is 0 Å². The van der Waals surface area contributed by atoms with E-state index in [4.69, 9.17) is 16.0 Å². The van der Waals surface area contributed by atoms with Gasteiger partial charge in [-0.2, -0.15) is 0 Å². The first-order valence-electron chi connectivity index (χ1n) is 7.27. The van der Waals surface area contributed by atoms with E-state index >= 15 is 0 Å². The lowest BCUT2D eigenvalue weighted by atomic mass is 10.1. The first-order valence-corrected chi connectivity index (χ1v) is 7.64. The van der Waals surface area contributed by atoms with Crippen LogP contribution < -0.4 is 0 Å². The first kappa shape index (κ1) is 15.3. The fourth-order valence-corrected chi connectivity index (χ4v) is 2.40. The summed E-state index contributed by atoms with van der Waals surface area (Å²) in [5, 5.41) is 0.658. The summed E-state index contributed by atoms with van der Waals surface area (Å²) >= 11 is 5.98. The van der Waals surface area contributed by atoms with Gasteiger partial charge in [-0.15, -0.1) is 0 Å². The average Bonchev–Trinajstić information content (AvgIpc) is 3.02. The van der Waals surface area contributed by atoms with Gasteiger partial charge in [-0.25, -0.2) is 0 Å². The number of hydrogen-bond donors (Lipinski definition) is 0. The lowest BCUT2D eigenvalue weighted by molar-refractivity contribution is 0.104. The van der Waals surface area contributed by atoms with Crippen molar-refractivity contribution in [2.45, 2.75) is 6.92 Å². The van der Waals surface area contributed by atoms with Crippen LogP contribution in [0.1, 0.15) is 21.7 Å². The van der Waals surface area contributed by atoms with Crippen LogP contribution in [0, 0.1) is 6.92 Å². The summed E-state index contributed by atoms with van der Waals surface area (Å²) in [7, 11) is 0. The zero-order valence-corrected chi connectivity index (χ0v) is 13.4. The molecule has 0 aliphatic heterocycles. The molecule has 2 nitrogen and oxygen atoms in total. The van der Waals surface area contributed by atoms with Gasteiger partial charge in [-0.05, 0) is 43.3 Å². The first-order chi connectivity index (χ1) is 11.1. The standard InChI is InChI=1S/C20H15ClO2/c1-14-5-7-15(8-6-14)19(22)11-9-18-10-12-20(23-18)16-3-2-4-17(21)13-16/h2-13H,1H3/b11-9+. The lowest BCUT2D eigenvalue weighted by Crippen LogP contribution is -1.93. The van der Waals surface area contributed by atoms with Crippen molar-refractivity contribution in [3.63, 3.8) is 0 Å². The van der Waals surface area contributed by atoms with Gasteiger partial charge in [0.25, 0.3) is 0 Å². The number of furan rings is 1. The summed E-state index contributed by atoms with van der Waals surface area (Å²) in [5.74, 6) is 1.29. The fraction of sp³-hybridized carbons (Fsp3) is 0.0500. The molecule has 2 aromatic carbocycles. The highest BCUT2D eigenvalue weighted by Gasteiger charge is 2.05. The maximum absolute atomic E-state index is 12.1.